The molecule has 0 amide bonds. The van der Waals surface area contributed by atoms with Crippen LogP contribution < -0.4 is 14.8 Å². The van der Waals surface area contributed by atoms with Crippen molar-refractivity contribution >= 4 is 11.6 Å². The van der Waals surface area contributed by atoms with Gasteiger partial charge in [0.1, 0.15) is 0 Å². The molecule has 0 aliphatic heterocycles. The number of rotatable bonds is 9. The minimum absolute atomic E-state index is 0.248. The predicted molar refractivity (Wildman–Crippen MR) is 80.7 cm³/mol. The maximum atomic E-state index is 5.88. The molecule has 3 nitrogen and oxygen atoms in total. The zero-order valence-corrected chi connectivity index (χ0v) is 12.8. The van der Waals surface area contributed by atoms with E-state index in [0.717, 1.165) is 43.9 Å². The normalized spacial score (nSPS) is 12.2. The molecule has 0 spiro atoms. The predicted octanol–water partition coefficient (Wildman–Crippen LogP) is 3.24. The van der Waals surface area contributed by atoms with Crippen molar-refractivity contribution in [2.24, 2.45) is 0 Å². The molecule has 1 aromatic carbocycles. The molecule has 0 fully saturated rings. The van der Waals surface area contributed by atoms with Crippen molar-refractivity contribution in [2.45, 2.75) is 31.6 Å². The van der Waals surface area contributed by atoms with Crippen molar-refractivity contribution in [3.63, 3.8) is 0 Å². The Labute approximate surface area is 121 Å². The number of alkyl halides is 1. The number of methoxy groups -OCH3 is 2. The number of ether oxygens (including phenoxy) is 2. The molecule has 108 valence electrons. The molecular formula is C15H24ClNO2. The van der Waals surface area contributed by atoms with E-state index in [-0.39, 0.29) is 5.38 Å². The Bertz CT molecular complexity index is 369. The molecule has 1 N–H and O–H groups in total. The largest absolute Gasteiger partial charge is 0.493 e. The monoisotopic (exact) mass is 285 g/mol. The van der Waals surface area contributed by atoms with Crippen molar-refractivity contribution in [1.82, 2.24) is 5.32 Å². The minimum atomic E-state index is 0.248. The smallest absolute Gasteiger partial charge is 0.160 e. The Balaban J connectivity index is 2.29. The van der Waals surface area contributed by atoms with Crippen LogP contribution in [-0.4, -0.2) is 32.7 Å². The summed E-state index contributed by atoms with van der Waals surface area (Å²) in [5.41, 5.74) is 1.27. The van der Waals surface area contributed by atoms with Gasteiger partial charge >= 0.3 is 0 Å². The summed E-state index contributed by atoms with van der Waals surface area (Å²) in [5.74, 6) is 1.57. The zero-order valence-electron chi connectivity index (χ0n) is 12.0. The Morgan fingerprint density at radius 1 is 1.16 bits per heavy atom. The maximum Gasteiger partial charge on any atom is 0.160 e. The van der Waals surface area contributed by atoms with E-state index in [1.54, 1.807) is 14.2 Å². The molecule has 1 atom stereocenters. The second kappa shape index (κ2) is 9.05. The first-order chi connectivity index (χ1) is 9.17. The Morgan fingerprint density at radius 2 is 1.89 bits per heavy atom. The highest BCUT2D eigenvalue weighted by molar-refractivity contribution is 6.20. The van der Waals surface area contributed by atoms with Crippen LogP contribution in [-0.2, 0) is 6.42 Å². The summed E-state index contributed by atoms with van der Waals surface area (Å²) in [6, 6.07) is 6.08. The second-order valence-electron chi connectivity index (χ2n) is 4.61. The fraction of sp³-hybridized carbons (Fsp3) is 0.600. The van der Waals surface area contributed by atoms with Gasteiger partial charge in [-0.05, 0) is 57.0 Å². The Morgan fingerprint density at radius 3 is 2.53 bits per heavy atom. The number of nitrogens with one attached hydrogen (secondary N) is 1. The molecule has 1 rings (SSSR count). The lowest BCUT2D eigenvalue weighted by molar-refractivity contribution is 0.354. The molecule has 4 heteroatoms. The van der Waals surface area contributed by atoms with Crippen molar-refractivity contribution in [2.75, 3.05) is 27.3 Å². The van der Waals surface area contributed by atoms with E-state index in [1.165, 1.54) is 5.56 Å². The third-order valence-electron chi connectivity index (χ3n) is 2.99. The zero-order chi connectivity index (χ0) is 14.1. The molecule has 0 saturated heterocycles. The molecule has 0 bridgehead atoms. The first-order valence-electron chi connectivity index (χ1n) is 6.73. The fourth-order valence-corrected chi connectivity index (χ4v) is 1.99. The molecule has 0 aliphatic carbocycles. The summed E-state index contributed by atoms with van der Waals surface area (Å²) in [5, 5.41) is 3.65. The fourth-order valence-electron chi connectivity index (χ4n) is 1.88. The molecule has 0 radical (unpaired) electrons. The number of benzene rings is 1. The van der Waals surface area contributed by atoms with Crippen LogP contribution in [0.4, 0.5) is 0 Å². The van der Waals surface area contributed by atoms with Crippen molar-refractivity contribution in [1.29, 1.82) is 0 Å². The minimum Gasteiger partial charge on any atom is -0.493 e. The first-order valence-corrected chi connectivity index (χ1v) is 7.16. The molecule has 0 aromatic heterocycles. The molecule has 19 heavy (non-hydrogen) atoms. The van der Waals surface area contributed by atoms with E-state index in [1.807, 2.05) is 19.1 Å². The second-order valence-corrected chi connectivity index (χ2v) is 5.36. The van der Waals surface area contributed by atoms with Gasteiger partial charge in [0, 0.05) is 5.38 Å². The lowest BCUT2D eigenvalue weighted by Gasteiger charge is -2.10. The average molecular weight is 286 g/mol. The summed E-state index contributed by atoms with van der Waals surface area (Å²) in [6.45, 7) is 4.02. The molecule has 0 heterocycles. The van der Waals surface area contributed by atoms with Gasteiger partial charge in [0.2, 0.25) is 0 Å². The SMILES string of the molecule is COc1ccc(CCCNCCC(C)Cl)cc1OC. The van der Waals surface area contributed by atoms with E-state index in [4.69, 9.17) is 21.1 Å². The molecule has 1 aromatic rings. The summed E-state index contributed by atoms with van der Waals surface area (Å²) >= 11 is 5.88. The molecular weight excluding hydrogens is 262 g/mol. The van der Waals surface area contributed by atoms with Crippen LogP contribution in [0.3, 0.4) is 0 Å². The average Bonchev–Trinajstić information content (AvgIpc) is 2.42. The highest BCUT2D eigenvalue weighted by Gasteiger charge is 2.04. The lowest BCUT2D eigenvalue weighted by Crippen LogP contribution is -2.19. The van der Waals surface area contributed by atoms with E-state index in [0.29, 0.717) is 0 Å². The lowest BCUT2D eigenvalue weighted by atomic mass is 10.1. The summed E-state index contributed by atoms with van der Waals surface area (Å²) in [6.07, 6.45) is 3.15. The van der Waals surface area contributed by atoms with Gasteiger partial charge in [0.25, 0.3) is 0 Å². The summed E-state index contributed by atoms with van der Waals surface area (Å²) < 4.78 is 10.5. The molecule has 1 unspecified atom stereocenters. The van der Waals surface area contributed by atoms with E-state index in [2.05, 4.69) is 11.4 Å². The first kappa shape index (κ1) is 16.1. The van der Waals surface area contributed by atoms with Crippen LogP contribution in [0.1, 0.15) is 25.3 Å². The van der Waals surface area contributed by atoms with Crippen LogP contribution in [0, 0.1) is 0 Å². The van der Waals surface area contributed by atoms with Gasteiger partial charge in [-0.25, -0.2) is 0 Å². The van der Waals surface area contributed by atoms with Crippen LogP contribution in [0.5, 0.6) is 11.5 Å². The highest BCUT2D eigenvalue weighted by Crippen LogP contribution is 2.27. The van der Waals surface area contributed by atoms with Crippen LogP contribution in [0.2, 0.25) is 0 Å². The van der Waals surface area contributed by atoms with E-state index < -0.39 is 0 Å². The standard InChI is InChI=1S/C15H24ClNO2/c1-12(16)8-10-17-9-4-5-13-6-7-14(18-2)15(11-13)19-3/h6-7,11-12,17H,4-5,8-10H2,1-3H3. The van der Waals surface area contributed by atoms with Crippen LogP contribution in [0.25, 0.3) is 0 Å². The Kier molecular flexibility index (Phi) is 7.68. The molecule has 0 aliphatic rings. The number of hydrogen-bond donors (Lipinski definition) is 1. The van der Waals surface area contributed by atoms with Gasteiger partial charge in [-0.15, -0.1) is 11.6 Å². The van der Waals surface area contributed by atoms with Crippen molar-refractivity contribution in [3.8, 4) is 11.5 Å². The van der Waals surface area contributed by atoms with E-state index in [9.17, 15) is 0 Å². The topological polar surface area (TPSA) is 30.5 Å². The number of hydrogen-bond acceptors (Lipinski definition) is 3. The van der Waals surface area contributed by atoms with Gasteiger partial charge in [-0.1, -0.05) is 6.07 Å². The van der Waals surface area contributed by atoms with Crippen molar-refractivity contribution < 1.29 is 9.47 Å². The van der Waals surface area contributed by atoms with Crippen LogP contribution >= 0.6 is 11.6 Å². The third-order valence-corrected chi connectivity index (χ3v) is 3.20. The number of halogens is 1. The number of aryl methyl sites for hydroxylation is 1. The van der Waals surface area contributed by atoms with E-state index >= 15 is 0 Å². The van der Waals surface area contributed by atoms with Crippen molar-refractivity contribution in [3.05, 3.63) is 23.8 Å². The van der Waals surface area contributed by atoms with Gasteiger partial charge in [0.05, 0.1) is 14.2 Å². The molecule has 0 saturated carbocycles. The van der Waals surface area contributed by atoms with Gasteiger partial charge in [-0.2, -0.15) is 0 Å². The van der Waals surface area contributed by atoms with Gasteiger partial charge in [0.15, 0.2) is 11.5 Å². The quantitative estimate of drug-likeness (QED) is 0.558. The Hall–Kier alpha value is -0.930. The third kappa shape index (κ3) is 6.17. The van der Waals surface area contributed by atoms with Gasteiger partial charge in [-0.3, -0.25) is 0 Å². The maximum absolute atomic E-state index is 5.88. The highest BCUT2D eigenvalue weighted by atomic mass is 35.5. The van der Waals surface area contributed by atoms with Gasteiger partial charge < -0.3 is 14.8 Å². The van der Waals surface area contributed by atoms with Crippen LogP contribution in [0.15, 0.2) is 18.2 Å². The summed E-state index contributed by atoms with van der Waals surface area (Å²) in [4.78, 5) is 0. The summed E-state index contributed by atoms with van der Waals surface area (Å²) in [7, 11) is 3.32.